The molecular weight excluding hydrogens is 504 g/mol. The summed E-state index contributed by atoms with van der Waals surface area (Å²) < 4.78 is 12.5. The van der Waals surface area contributed by atoms with E-state index in [4.69, 9.17) is 14.6 Å². The minimum absolute atomic E-state index is 0.00923. The molecule has 1 amide bonds. The van der Waals surface area contributed by atoms with Crippen LogP contribution in [0, 0.1) is 0 Å². The minimum atomic E-state index is -1.25. The molecule has 0 unspecified atom stereocenters. The highest BCUT2D eigenvalue weighted by Gasteiger charge is 2.44. The third-order valence-corrected chi connectivity index (χ3v) is 6.69. The summed E-state index contributed by atoms with van der Waals surface area (Å²) in [5.41, 5.74) is 2.95. The Balaban J connectivity index is 1.50. The van der Waals surface area contributed by atoms with E-state index in [0.717, 1.165) is 11.1 Å². The van der Waals surface area contributed by atoms with E-state index in [9.17, 15) is 15.0 Å². The van der Waals surface area contributed by atoms with Crippen molar-refractivity contribution in [1.82, 2.24) is 24.8 Å². The number of carbonyl (C=O) groups is 1. The standard InChI is InChI=1S/C27H30N6O6/c1-38-14-19-22(34)23(35)26(39-19)33-15-30-21-24(31-20(32-25(21)33)13-29-27(36)37)28-12-18(16-8-4-2-5-9-16)17-10-6-3-7-11-17/h2-11,15,18-19,22-23,26,29,34-35H,12-14H2,1H3,(H,36,37)(H,28,31,32)/t19-,22-,23+,26-/m1/s1. The van der Waals surface area contributed by atoms with Crippen LogP contribution in [0.15, 0.2) is 67.0 Å². The third kappa shape index (κ3) is 5.68. The van der Waals surface area contributed by atoms with Crippen molar-refractivity contribution in [3.63, 3.8) is 0 Å². The van der Waals surface area contributed by atoms with E-state index >= 15 is 0 Å². The van der Waals surface area contributed by atoms with E-state index in [1.807, 2.05) is 36.4 Å². The fraction of sp³-hybridized carbons (Fsp3) is 0.333. The zero-order valence-corrected chi connectivity index (χ0v) is 21.2. The lowest BCUT2D eigenvalue weighted by Gasteiger charge is -2.20. The molecule has 1 aliphatic rings. The number of rotatable bonds is 10. The van der Waals surface area contributed by atoms with Gasteiger partial charge in [0.05, 0.1) is 19.5 Å². The number of hydrogen-bond donors (Lipinski definition) is 5. The highest BCUT2D eigenvalue weighted by atomic mass is 16.6. The van der Waals surface area contributed by atoms with Gasteiger partial charge in [-0.05, 0) is 11.1 Å². The van der Waals surface area contributed by atoms with Gasteiger partial charge in [0.15, 0.2) is 29.0 Å². The summed E-state index contributed by atoms with van der Waals surface area (Å²) in [7, 11) is 1.48. The van der Waals surface area contributed by atoms with Crippen molar-refractivity contribution in [3.05, 3.63) is 83.9 Å². The summed E-state index contributed by atoms with van der Waals surface area (Å²) in [6.07, 6.45) is -3.89. The number of methoxy groups -OCH3 is 1. The van der Waals surface area contributed by atoms with Crippen LogP contribution in [0.2, 0.25) is 0 Å². The quantitative estimate of drug-likeness (QED) is 0.204. The summed E-state index contributed by atoms with van der Waals surface area (Å²) >= 11 is 0. The molecule has 1 aliphatic heterocycles. The van der Waals surface area contributed by atoms with Crippen molar-refractivity contribution in [1.29, 1.82) is 0 Å². The Labute approximate surface area is 224 Å². The van der Waals surface area contributed by atoms with Crippen LogP contribution in [0.1, 0.15) is 29.1 Å². The number of aliphatic hydroxyl groups is 2. The number of fused-ring (bicyclic) bond motifs is 1. The van der Waals surface area contributed by atoms with Gasteiger partial charge in [-0.3, -0.25) is 4.57 Å². The van der Waals surface area contributed by atoms with E-state index in [2.05, 4.69) is 49.9 Å². The van der Waals surface area contributed by atoms with Gasteiger partial charge in [-0.25, -0.2) is 19.7 Å². The molecule has 2 aromatic carbocycles. The fourth-order valence-corrected chi connectivity index (χ4v) is 4.76. The molecule has 0 bridgehead atoms. The van der Waals surface area contributed by atoms with Crippen molar-refractivity contribution in [3.8, 4) is 0 Å². The highest BCUT2D eigenvalue weighted by Crippen LogP contribution is 2.33. The predicted molar refractivity (Wildman–Crippen MR) is 141 cm³/mol. The summed E-state index contributed by atoms with van der Waals surface area (Å²) in [5.74, 6) is 0.593. The second-order valence-corrected chi connectivity index (χ2v) is 9.23. The van der Waals surface area contributed by atoms with Crippen molar-refractivity contribution < 1.29 is 29.6 Å². The normalized spacial score (nSPS) is 20.9. The number of hydrogen-bond acceptors (Lipinski definition) is 9. The molecule has 4 atom stereocenters. The number of benzene rings is 2. The highest BCUT2D eigenvalue weighted by molar-refractivity contribution is 5.83. The van der Waals surface area contributed by atoms with Crippen LogP contribution in [0.25, 0.3) is 11.2 Å². The van der Waals surface area contributed by atoms with Gasteiger partial charge >= 0.3 is 6.09 Å². The molecule has 12 heteroatoms. The number of nitrogens with zero attached hydrogens (tertiary/aromatic N) is 4. The molecule has 5 N–H and O–H groups in total. The zero-order chi connectivity index (χ0) is 27.4. The van der Waals surface area contributed by atoms with Crippen molar-refractivity contribution >= 4 is 23.1 Å². The Morgan fingerprint density at radius 1 is 1.05 bits per heavy atom. The van der Waals surface area contributed by atoms with E-state index < -0.39 is 30.6 Å². The van der Waals surface area contributed by atoms with Crippen LogP contribution in [0.3, 0.4) is 0 Å². The first kappa shape index (κ1) is 26.5. The second kappa shape index (κ2) is 11.7. The Bertz CT molecular complexity index is 1360. The third-order valence-electron chi connectivity index (χ3n) is 6.69. The topological polar surface area (TPSA) is 164 Å². The molecule has 4 aromatic rings. The van der Waals surface area contributed by atoms with Crippen LogP contribution in [0.5, 0.6) is 0 Å². The van der Waals surface area contributed by atoms with E-state index in [1.165, 1.54) is 18.0 Å². The first-order valence-corrected chi connectivity index (χ1v) is 12.5. The lowest BCUT2D eigenvalue weighted by Crippen LogP contribution is -2.33. The van der Waals surface area contributed by atoms with Gasteiger partial charge in [0.2, 0.25) is 0 Å². The molecule has 1 saturated heterocycles. The molecule has 2 aromatic heterocycles. The molecule has 0 aliphatic carbocycles. The summed E-state index contributed by atoms with van der Waals surface area (Å²) in [4.78, 5) is 24.7. The maximum atomic E-state index is 11.2. The van der Waals surface area contributed by atoms with Crippen LogP contribution >= 0.6 is 0 Å². The molecule has 204 valence electrons. The first-order valence-electron chi connectivity index (χ1n) is 12.5. The molecule has 3 heterocycles. The monoisotopic (exact) mass is 534 g/mol. The Morgan fingerprint density at radius 3 is 2.33 bits per heavy atom. The zero-order valence-electron chi connectivity index (χ0n) is 21.2. The van der Waals surface area contributed by atoms with Gasteiger partial charge in [-0.15, -0.1) is 0 Å². The molecule has 1 fully saturated rings. The number of imidazole rings is 1. The van der Waals surface area contributed by atoms with Crippen LogP contribution in [0.4, 0.5) is 10.6 Å². The minimum Gasteiger partial charge on any atom is -0.465 e. The number of ether oxygens (including phenoxy) is 2. The van der Waals surface area contributed by atoms with Gasteiger partial charge in [0, 0.05) is 19.6 Å². The summed E-state index contributed by atoms with van der Waals surface area (Å²) in [5, 5.41) is 35.9. The van der Waals surface area contributed by atoms with Crippen LogP contribution in [-0.4, -0.2) is 79.5 Å². The molecular formula is C27H30N6O6. The SMILES string of the molecule is COC[C@H]1O[C@@H](n2cnc3c(NCC(c4ccccc4)c4ccccc4)nc(CNC(=O)O)nc32)[C@@H](O)[C@@H]1O. The maximum Gasteiger partial charge on any atom is 0.405 e. The largest absolute Gasteiger partial charge is 0.465 e. The van der Waals surface area contributed by atoms with Crippen molar-refractivity contribution in [2.24, 2.45) is 0 Å². The molecule has 12 nitrogen and oxygen atoms in total. The van der Waals surface area contributed by atoms with Gasteiger partial charge < -0.3 is 35.4 Å². The summed E-state index contributed by atoms with van der Waals surface area (Å²) in [6.45, 7) is 0.419. The second-order valence-electron chi connectivity index (χ2n) is 9.23. The predicted octanol–water partition coefficient (Wildman–Crippen LogP) is 2.10. The lowest BCUT2D eigenvalue weighted by atomic mass is 9.91. The molecule has 39 heavy (non-hydrogen) atoms. The first-order chi connectivity index (χ1) is 19.0. The van der Waals surface area contributed by atoms with Gasteiger partial charge in [-0.1, -0.05) is 60.7 Å². The Hall–Kier alpha value is -4.10. The van der Waals surface area contributed by atoms with Gasteiger partial charge in [0.25, 0.3) is 0 Å². The van der Waals surface area contributed by atoms with E-state index in [1.54, 1.807) is 0 Å². The average molecular weight is 535 g/mol. The van der Waals surface area contributed by atoms with Gasteiger partial charge in [-0.2, -0.15) is 0 Å². The Kier molecular flexibility index (Phi) is 7.98. The van der Waals surface area contributed by atoms with Gasteiger partial charge in [0.1, 0.15) is 18.3 Å². The molecule has 0 spiro atoms. The van der Waals surface area contributed by atoms with E-state index in [0.29, 0.717) is 23.5 Å². The maximum absolute atomic E-state index is 11.2. The number of nitrogens with one attached hydrogen (secondary N) is 2. The number of aliphatic hydroxyl groups excluding tert-OH is 2. The average Bonchev–Trinajstić information content (AvgIpc) is 3.49. The lowest BCUT2D eigenvalue weighted by molar-refractivity contribution is -0.0580. The number of anilines is 1. The number of carboxylic acid groups (broad SMARTS) is 1. The van der Waals surface area contributed by atoms with Crippen LogP contribution in [-0.2, 0) is 16.0 Å². The number of amides is 1. The summed E-state index contributed by atoms with van der Waals surface area (Å²) in [6, 6.07) is 20.1. The van der Waals surface area contributed by atoms with Crippen molar-refractivity contribution in [2.45, 2.75) is 37.0 Å². The Morgan fingerprint density at radius 2 is 1.72 bits per heavy atom. The smallest absolute Gasteiger partial charge is 0.405 e. The van der Waals surface area contributed by atoms with Crippen molar-refractivity contribution in [2.75, 3.05) is 25.6 Å². The van der Waals surface area contributed by atoms with E-state index in [-0.39, 0.29) is 24.9 Å². The molecule has 0 radical (unpaired) electrons. The number of aromatic nitrogens is 4. The molecule has 0 saturated carbocycles. The van der Waals surface area contributed by atoms with Crippen LogP contribution < -0.4 is 10.6 Å². The molecule has 5 rings (SSSR count). The fourth-order valence-electron chi connectivity index (χ4n) is 4.76.